The Bertz CT molecular complexity index is 678. The summed E-state index contributed by atoms with van der Waals surface area (Å²) in [5.41, 5.74) is 2.09. The van der Waals surface area contributed by atoms with Crippen molar-refractivity contribution in [2.24, 2.45) is 0 Å². The molecule has 1 aromatic heterocycles. The number of hydrogen-bond donors (Lipinski definition) is 1. The zero-order valence-corrected chi connectivity index (χ0v) is 14.6. The molecule has 2 atom stereocenters. The first-order chi connectivity index (χ1) is 12.1. The van der Waals surface area contributed by atoms with Crippen molar-refractivity contribution in [1.29, 1.82) is 0 Å². The lowest BCUT2D eigenvalue weighted by Crippen LogP contribution is -2.39. The van der Waals surface area contributed by atoms with Gasteiger partial charge in [0, 0.05) is 39.1 Å². The Labute approximate surface area is 148 Å². The summed E-state index contributed by atoms with van der Waals surface area (Å²) in [4.78, 5) is 20.9. The number of likely N-dealkylation sites (tertiary alicyclic amines) is 1. The maximum Gasteiger partial charge on any atom is 0.227 e. The van der Waals surface area contributed by atoms with Gasteiger partial charge in [0.15, 0.2) is 0 Å². The fraction of sp³-hybridized carbons (Fsp3) is 0.400. The second-order valence-electron chi connectivity index (χ2n) is 6.67. The number of nitrogens with zero attached hydrogens (tertiary/aromatic N) is 3. The third-order valence-corrected chi connectivity index (χ3v) is 4.83. The van der Waals surface area contributed by atoms with Crippen molar-refractivity contribution in [1.82, 2.24) is 14.8 Å². The lowest BCUT2D eigenvalue weighted by atomic mass is 10.0. The first-order valence-electron chi connectivity index (χ1n) is 8.73. The Morgan fingerprint density at radius 1 is 1.28 bits per heavy atom. The van der Waals surface area contributed by atoms with Crippen molar-refractivity contribution in [3.63, 3.8) is 0 Å². The molecule has 1 aliphatic heterocycles. The van der Waals surface area contributed by atoms with Crippen LogP contribution in [0.3, 0.4) is 0 Å². The number of aliphatic hydroxyl groups excluding tert-OH is 1. The number of likely N-dealkylation sites (N-methyl/N-ethyl adjacent to an activating group) is 1. The molecular weight excluding hydrogens is 314 g/mol. The highest BCUT2D eigenvalue weighted by molar-refractivity contribution is 5.79. The summed E-state index contributed by atoms with van der Waals surface area (Å²) in [5, 5.41) is 9.80. The van der Waals surface area contributed by atoms with E-state index in [0.29, 0.717) is 13.0 Å². The molecule has 2 heterocycles. The van der Waals surface area contributed by atoms with E-state index in [0.717, 1.165) is 30.6 Å². The van der Waals surface area contributed by atoms with Crippen LogP contribution in [0, 0.1) is 0 Å². The van der Waals surface area contributed by atoms with Crippen LogP contribution in [0.25, 0.3) is 0 Å². The van der Waals surface area contributed by atoms with Gasteiger partial charge in [0.25, 0.3) is 0 Å². The molecule has 1 saturated heterocycles. The van der Waals surface area contributed by atoms with Gasteiger partial charge in [-0.25, -0.2) is 0 Å². The Balaban J connectivity index is 1.74. The molecule has 1 N–H and O–H groups in total. The molecule has 0 bridgehead atoms. The van der Waals surface area contributed by atoms with E-state index in [1.165, 1.54) is 0 Å². The molecule has 0 spiro atoms. The molecule has 132 valence electrons. The topological polar surface area (TPSA) is 56.7 Å². The fourth-order valence-electron chi connectivity index (χ4n) is 3.32. The molecule has 2 unspecified atom stereocenters. The molecule has 1 amide bonds. The van der Waals surface area contributed by atoms with Crippen LogP contribution in [0.2, 0.25) is 0 Å². The Morgan fingerprint density at radius 2 is 2.00 bits per heavy atom. The molecule has 5 heteroatoms. The molecule has 1 aliphatic rings. The average molecular weight is 339 g/mol. The van der Waals surface area contributed by atoms with Gasteiger partial charge in [-0.15, -0.1) is 0 Å². The number of amides is 1. The molecule has 3 rings (SSSR count). The fourth-order valence-corrected chi connectivity index (χ4v) is 3.32. The summed E-state index contributed by atoms with van der Waals surface area (Å²) >= 11 is 0. The lowest BCUT2D eigenvalue weighted by Gasteiger charge is -2.32. The number of benzene rings is 1. The average Bonchev–Trinajstić information content (AvgIpc) is 3.05. The molecule has 0 radical (unpaired) electrons. The van der Waals surface area contributed by atoms with Crippen molar-refractivity contribution in [3.8, 4) is 0 Å². The van der Waals surface area contributed by atoms with Crippen molar-refractivity contribution in [2.45, 2.75) is 25.0 Å². The summed E-state index contributed by atoms with van der Waals surface area (Å²) in [6.45, 7) is 2.28. The molecule has 2 aromatic rings. The van der Waals surface area contributed by atoms with Gasteiger partial charge in [-0.05, 0) is 29.7 Å². The smallest absolute Gasteiger partial charge is 0.227 e. The molecule has 0 aliphatic carbocycles. The first-order valence-corrected chi connectivity index (χ1v) is 8.73. The number of carbonyl (C=O) groups is 1. The van der Waals surface area contributed by atoms with Gasteiger partial charge in [0.05, 0.1) is 18.6 Å². The van der Waals surface area contributed by atoms with Crippen LogP contribution in [-0.4, -0.2) is 58.6 Å². The summed E-state index contributed by atoms with van der Waals surface area (Å²) in [7, 11) is 1.87. The van der Waals surface area contributed by atoms with Crippen molar-refractivity contribution in [3.05, 3.63) is 66.0 Å². The Hall–Kier alpha value is -2.24. The molecule has 1 aromatic carbocycles. The van der Waals surface area contributed by atoms with E-state index in [-0.39, 0.29) is 18.1 Å². The van der Waals surface area contributed by atoms with Crippen LogP contribution in [0.4, 0.5) is 0 Å². The maximum atomic E-state index is 12.8. The third-order valence-electron chi connectivity index (χ3n) is 4.83. The Kier molecular flexibility index (Phi) is 5.79. The summed E-state index contributed by atoms with van der Waals surface area (Å²) in [6.07, 6.45) is 4.33. The number of rotatable bonds is 6. The highest BCUT2D eigenvalue weighted by Crippen LogP contribution is 2.23. The normalized spacial score (nSPS) is 18.9. The van der Waals surface area contributed by atoms with Gasteiger partial charge in [-0.1, -0.05) is 30.3 Å². The van der Waals surface area contributed by atoms with E-state index in [2.05, 4.69) is 22.0 Å². The zero-order valence-electron chi connectivity index (χ0n) is 14.6. The number of carbonyl (C=O) groups excluding carboxylic acids is 1. The van der Waals surface area contributed by atoms with Gasteiger partial charge in [-0.3, -0.25) is 14.7 Å². The molecule has 25 heavy (non-hydrogen) atoms. The van der Waals surface area contributed by atoms with Crippen molar-refractivity contribution < 1.29 is 9.90 Å². The van der Waals surface area contributed by atoms with Crippen LogP contribution in [0.15, 0.2) is 54.9 Å². The first kappa shape index (κ1) is 17.6. The van der Waals surface area contributed by atoms with E-state index >= 15 is 0 Å². The number of pyridine rings is 1. The number of β-amino-alcohol motifs (C(OH)–C–C–N with tert-alkyl or cyclic N) is 1. The standard InChI is InChI=1S/C20H25N3O2/c1-22(20(25)13-16-7-10-21-11-8-16)19(17-5-3-2-4-6-17)15-23-12-9-18(24)14-23/h2-8,10-11,18-19,24H,9,12-15H2,1H3. The predicted molar refractivity (Wildman–Crippen MR) is 97.0 cm³/mol. The molecule has 0 saturated carbocycles. The monoisotopic (exact) mass is 339 g/mol. The van der Waals surface area contributed by atoms with Gasteiger partial charge in [0.2, 0.25) is 5.91 Å². The SMILES string of the molecule is CN(C(=O)Cc1ccncc1)C(CN1CCC(O)C1)c1ccccc1. The van der Waals surface area contributed by atoms with Gasteiger partial charge >= 0.3 is 0 Å². The Morgan fingerprint density at radius 3 is 2.64 bits per heavy atom. The summed E-state index contributed by atoms with van der Waals surface area (Å²) in [6, 6.07) is 13.8. The number of aromatic nitrogens is 1. The van der Waals surface area contributed by atoms with E-state index < -0.39 is 0 Å². The van der Waals surface area contributed by atoms with E-state index in [1.807, 2.05) is 42.3 Å². The van der Waals surface area contributed by atoms with Crippen LogP contribution in [0.5, 0.6) is 0 Å². The lowest BCUT2D eigenvalue weighted by molar-refractivity contribution is -0.131. The van der Waals surface area contributed by atoms with E-state index in [4.69, 9.17) is 0 Å². The van der Waals surface area contributed by atoms with Gasteiger partial charge in [-0.2, -0.15) is 0 Å². The van der Waals surface area contributed by atoms with Gasteiger partial charge in [0.1, 0.15) is 0 Å². The molecule has 5 nitrogen and oxygen atoms in total. The van der Waals surface area contributed by atoms with Crippen LogP contribution in [0.1, 0.15) is 23.6 Å². The highest BCUT2D eigenvalue weighted by atomic mass is 16.3. The highest BCUT2D eigenvalue weighted by Gasteiger charge is 2.28. The second kappa shape index (κ2) is 8.23. The zero-order chi connectivity index (χ0) is 17.6. The largest absolute Gasteiger partial charge is 0.392 e. The van der Waals surface area contributed by atoms with Crippen molar-refractivity contribution >= 4 is 5.91 Å². The quantitative estimate of drug-likeness (QED) is 0.873. The van der Waals surface area contributed by atoms with Crippen LogP contribution >= 0.6 is 0 Å². The van der Waals surface area contributed by atoms with E-state index in [1.54, 1.807) is 12.4 Å². The van der Waals surface area contributed by atoms with E-state index in [9.17, 15) is 9.90 Å². The second-order valence-corrected chi connectivity index (χ2v) is 6.67. The van der Waals surface area contributed by atoms with Gasteiger partial charge < -0.3 is 10.0 Å². The minimum absolute atomic E-state index is 0.0270. The minimum Gasteiger partial charge on any atom is -0.392 e. The molecular formula is C20H25N3O2. The minimum atomic E-state index is -0.255. The number of hydrogen-bond acceptors (Lipinski definition) is 4. The third kappa shape index (κ3) is 4.65. The number of aliphatic hydroxyl groups is 1. The predicted octanol–water partition coefficient (Wildman–Crippen LogP) is 1.89. The molecule has 1 fully saturated rings. The summed E-state index contributed by atoms with van der Waals surface area (Å²) < 4.78 is 0. The van der Waals surface area contributed by atoms with Crippen molar-refractivity contribution in [2.75, 3.05) is 26.7 Å². The van der Waals surface area contributed by atoms with Crippen LogP contribution in [-0.2, 0) is 11.2 Å². The van der Waals surface area contributed by atoms with Crippen LogP contribution < -0.4 is 0 Å². The maximum absolute atomic E-state index is 12.8. The summed E-state index contributed by atoms with van der Waals surface area (Å²) in [5.74, 6) is 0.0831.